The number of amides is 1. The van der Waals surface area contributed by atoms with Crippen LogP contribution >= 0.6 is 11.5 Å². The van der Waals surface area contributed by atoms with Gasteiger partial charge in [-0.05, 0) is 36.7 Å². The number of carboxylic acid groups (broad SMARTS) is 1. The van der Waals surface area contributed by atoms with Crippen LogP contribution in [0.3, 0.4) is 0 Å². The Labute approximate surface area is 109 Å². The molecule has 1 aromatic rings. The highest BCUT2D eigenvalue weighted by molar-refractivity contribution is 7.08. The van der Waals surface area contributed by atoms with E-state index in [1.165, 1.54) is 4.90 Å². The molecule has 1 N–H and O–H groups in total. The van der Waals surface area contributed by atoms with E-state index in [-0.39, 0.29) is 12.5 Å². The predicted octanol–water partition coefficient (Wildman–Crippen LogP) is 1.04. The Morgan fingerprint density at radius 1 is 1.50 bits per heavy atom. The minimum absolute atomic E-state index is 0.254. The Hall–Kier alpha value is -1.50. The number of aryl methyl sites for hydroxylation is 1. The summed E-state index contributed by atoms with van der Waals surface area (Å²) in [5, 5.41) is 12.8. The highest BCUT2D eigenvalue weighted by Gasteiger charge is 2.30. The zero-order valence-corrected chi connectivity index (χ0v) is 10.9. The average Bonchev–Trinajstić information content (AvgIpc) is 3.01. The van der Waals surface area contributed by atoms with Crippen LogP contribution in [0, 0.1) is 5.92 Å². The van der Waals surface area contributed by atoms with Gasteiger partial charge in [-0.1, -0.05) is 11.4 Å². The lowest BCUT2D eigenvalue weighted by molar-refractivity contribution is -0.137. The molecule has 1 saturated carbocycles. The summed E-state index contributed by atoms with van der Waals surface area (Å²) in [4.78, 5) is 25.0. The third-order valence-electron chi connectivity index (χ3n) is 2.87. The van der Waals surface area contributed by atoms with Crippen molar-refractivity contribution < 1.29 is 14.7 Å². The van der Waals surface area contributed by atoms with Crippen molar-refractivity contribution in [3.63, 3.8) is 0 Å². The molecule has 2 rings (SSSR count). The lowest BCUT2D eigenvalue weighted by Gasteiger charge is -2.19. The molecule has 0 bridgehead atoms. The summed E-state index contributed by atoms with van der Waals surface area (Å²) in [6.07, 6.45) is 2.78. The van der Waals surface area contributed by atoms with E-state index >= 15 is 0 Å². The molecule has 1 aromatic heterocycles. The van der Waals surface area contributed by atoms with Gasteiger partial charge in [0.15, 0.2) is 0 Å². The third kappa shape index (κ3) is 3.04. The Bertz CT molecular complexity index is 456. The first-order valence-corrected chi connectivity index (χ1v) is 6.71. The van der Waals surface area contributed by atoms with E-state index in [9.17, 15) is 9.59 Å². The van der Waals surface area contributed by atoms with Crippen LogP contribution in [-0.4, -0.2) is 44.6 Å². The van der Waals surface area contributed by atoms with Crippen LogP contribution in [0.4, 0.5) is 0 Å². The Morgan fingerprint density at radius 3 is 2.78 bits per heavy atom. The Kier molecular flexibility index (Phi) is 3.90. The molecule has 0 aromatic carbocycles. The molecule has 1 aliphatic carbocycles. The van der Waals surface area contributed by atoms with Gasteiger partial charge >= 0.3 is 5.97 Å². The largest absolute Gasteiger partial charge is 0.480 e. The average molecular weight is 269 g/mol. The maximum Gasteiger partial charge on any atom is 0.323 e. The van der Waals surface area contributed by atoms with Crippen molar-refractivity contribution in [1.82, 2.24) is 14.5 Å². The fourth-order valence-electron chi connectivity index (χ4n) is 1.74. The number of rotatable bonds is 6. The summed E-state index contributed by atoms with van der Waals surface area (Å²) in [7, 11) is 0. The summed E-state index contributed by atoms with van der Waals surface area (Å²) in [5.74, 6) is -0.782. The molecule has 0 saturated heterocycles. The van der Waals surface area contributed by atoms with Gasteiger partial charge in [-0.25, -0.2) is 0 Å². The number of nitrogens with zero attached hydrogens (tertiary/aromatic N) is 3. The van der Waals surface area contributed by atoms with Crippen LogP contribution < -0.4 is 0 Å². The van der Waals surface area contributed by atoms with Crippen LogP contribution in [-0.2, 0) is 11.2 Å². The Balaban J connectivity index is 2.13. The molecule has 98 valence electrons. The number of aliphatic carboxylic acids is 1. The van der Waals surface area contributed by atoms with E-state index in [0.717, 1.165) is 24.4 Å². The van der Waals surface area contributed by atoms with Crippen LogP contribution in [0.25, 0.3) is 0 Å². The van der Waals surface area contributed by atoms with Crippen molar-refractivity contribution in [3.05, 3.63) is 10.6 Å². The van der Waals surface area contributed by atoms with Gasteiger partial charge < -0.3 is 10.0 Å². The van der Waals surface area contributed by atoms with Gasteiger partial charge in [-0.2, -0.15) is 0 Å². The second-order valence-corrected chi connectivity index (χ2v) is 5.18. The first-order valence-electron chi connectivity index (χ1n) is 5.94. The summed E-state index contributed by atoms with van der Waals surface area (Å²) >= 11 is 1.04. The normalized spacial score (nSPS) is 14.5. The lowest BCUT2D eigenvalue weighted by Crippen LogP contribution is -2.37. The van der Waals surface area contributed by atoms with Gasteiger partial charge in [-0.15, -0.1) is 5.10 Å². The maximum atomic E-state index is 12.3. The lowest BCUT2D eigenvalue weighted by atomic mass is 10.2. The highest BCUT2D eigenvalue weighted by atomic mass is 32.1. The van der Waals surface area contributed by atoms with Gasteiger partial charge in [0.05, 0.1) is 5.69 Å². The predicted molar refractivity (Wildman–Crippen MR) is 65.6 cm³/mol. The number of carbonyl (C=O) groups is 2. The van der Waals surface area contributed by atoms with Gasteiger partial charge in [0, 0.05) is 6.54 Å². The van der Waals surface area contributed by atoms with Gasteiger partial charge in [0.25, 0.3) is 5.91 Å². The number of carboxylic acids is 1. The molecular weight excluding hydrogens is 254 g/mol. The third-order valence-corrected chi connectivity index (χ3v) is 3.63. The van der Waals surface area contributed by atoms with Gasteiger partial charge in [0.2, 0.25) is 0 Å². The molecule has 0 unspecified atom stereocenters. The van der Waals surface area contributed by atoms with E-state index in [4.69, 9.17) is 5.11 Å². The van der Waals surface area contributed by atoms with Crippen LogP contribution in [0.1, 0.15) is 35.1 Å². The standard InChI is InChI=1S/C11H15N3O3S/c1-2-8-10(18-13-12-8)11(17)14(6-9(15)16)5-7-3-4-7/h7H,2-6H2,1H3,(H,15,16). The molecule has 1 fully saturated rings. The van der Waals surface area contributed by atoms with Gasteiger partial charge in [-0.3, -0.25) is 9.59 Å². The van der Waals surface area contributed by atoms with E-state index in [0.29, 0.717) is 29.5 Å². The number of hydrogen-bond acceptors (Lipinski definition) is 5. The number of carbonyl (C=O) groups excluding carboxylic acids is 1. The summed E-state index contributed by atoms with van der Waals surface area (Å²) in [5.41, 5.74) is 0.649. The molecule has 0 atom stereocenters. The topological polar surface area (TPSA) is 83.4 Å². The number of aromatic nitrogens is 2. The van der Waals surface area contributed by atoms with Crippen molar-refractivity contribution in [3.8, 4) is 0 Å². The van der Waals surface area contributed by atoms with E-state index in [1.807, 2.05) is 6.92 Å². The summed E-state index contributed by atoms with van der Waals surface area (Å²) in [6, 6.07) is 0. The molecule has 1 amide bonds. The van der Waals surface area contributed by atoms with Crippen LogP contribution in [0.5, 0.6) is 0 Å². The van der Waals surface area contributed by atoms with Crippen molar-refractivity contribution in [2.24, 2.45) is 5.92 Å². The Morgan fingerprint density at radius 2 is 2.22 bits per heavy atom. The van der Waals surface area contributed by atoms with Crippen LogP contribution in [0.15, 0.2) is 0 Å². The van der Waals surface area contributed by atoms with Crippen molar-refractivity contribution in [2.45, 2.75) is 26.2 Å². The fourth-order valence-corrected chi connectivity index (χ4v) is 2.46. The minimum Gasteiger partial charge on any atom is -0.480 e. The second-order valence-electron chi connectivity index (χ2n) is 4.43. The van der Waals surface area contributed by atoms with Crippen molar-refractivity contribution >= 4 is 23.4 Å². The zero-order valence-electron chi connectivity index (χ0n) is 10.1. The van der Waals surface area contributed by atoms with Crippen LogP contribution in [0.2, 0.25) is 0 Å². The molecule has 0 aliphatic heterocycles. The zero-order chi connectivity index (χ0) is 13.1. The fraction of sp³-hybridized carbons (Fsp3) is 0.636. The van der Waals surface area contributed by atoms with E-state index in [2.05, 4.69) is 9.59 Å². The van der Waals surface area contributed by atoms with E-state index in [1.54, 1.807) is 0 Å². The first-order chi connectivity index (χ1) is 8.61. The molecule has 0 spiro atoms. The molecular formula is C11H15N3O3S. The first kappa shape index (κ1) is 12.9. The van der Waals surface area contributed by atoms with Gasteiger partial charge in [0.1, 0.15) is 11.4 Å². The molecule has 0 radical (unpaired) electrons. The maximum absolute atomic E-state index is 12.3. The minimum atomic E-state index is -0.987. The summed E-state index contributed by atoms with van der Waals surface area (Å²) < 4.78 is 3.77. The van der Waals surface area contributed by atoms with E-state index < -0.39 is 5.97 Å². The molecule has 1 heterocycles. The molecule has 6 nitrogen and oxygen atoms in total. The number of hydrogen-bond donors (Lipinski definition) is 1. The summed E-state index contributed by atoms with van der Waals surface area (Å²) in [6.45, 7) is 2.17. The molecule has 7 heteroatoms. The second kappa shape index (κ2) is 5.43. The molecule has 18 heavy (non-hydrogen) atoms. The SMILES string of the molecule is CCc1nnsc1C(=O)N(CC(=O)O)CC1CC1. The molecule has 1 aliphatic rings. The highest BCUT2D eigenvalue weighted by Crippen LogP contribution is 2.30. The van der Waals surface area contributed by atoms with Crippen molar-refractivity contribution in [2.75, 3.05) is 13.1 Å². The van der Waals surface area contributed by atoms with Crippen molar-refractivity contribution in [1.29, 1.82) is 0 Å². The smallest absolute Gasteiger partial charge is 0.323 e. The quantitative estimate of drug-likeness (QED) is 0.834. The monoisotopic (exact) mass is 269 g/mol.